The van der Waals surface area contributed by atoms with Gasteiger partial charge in [-0.2, -0.15) is 0 Å². The molecule has 0 aliphatic rings. The third-order valence-electron chi connectivity index (χ3n) is 3.54. The molecule has 1 amide bonds. The van der Waals surface area contributed by atoms with Gasteiger partial charge in [0.25, 0.3) is 5.91 Å². The Morgan fingerprint density at radius 1 is 1.04 bits per heavy atom. The van der Waals surface area contributed by atoms with Crippen LogP contribution in [-0.4, -0.2) is 18.6 Å². The number of amides is 1. The number of ether oxygens (including phenoxy) is 1. The molecule has 23 heavy (non-hydrogen) atoms. The van der Waals surface area contributed by atoms with Crippen molar-refractivity contribution >= 4 is 5.91 Å². The second-order valence-corrected chi connectivity index (χ2v) is 6.04. The van der Waals surface area contributed by atoms with Crippen LogP contribution < -0.4 is 10.1 Å². The monoisotopic (exact) mass is 311 g/mol. The molecule has 0 heterocycles. The van der Waals surface area contributed by atoms with Gasteiger partial charge in [-0.1, -0.05) is 29.8 Å². The first kappa shape index (κ1) is 17.1. The fraction of sp³-hybridized carbons (Fsp3) is 0.350. The minimum Gasteiger partial charge on any atom is -0.491 e. The maximum atomic E-state index is 12.0. The summed E-state index contributed by atoms with van der Waals surface area (Å²) in [5.41, 5.74) is 3.13. The number of benzene rings is 2. The molecular formula is C20H25NO2. The average Bonchev–Trinajstić information content (AvgIpc) is 2.53. The molecule has 0 bridgehead atoms. The first-order chi connectivity index (χ1) is 11.0. The third kappa shape index (κ3) is 5.78. The Bertz CT molecular complexity index is 615. The van der Waals surface area contributed by atoms with Crippen molar-refractivity contribution in [3.63, 3.8) is 0 Å². The fourth-order valence-corrected chi connectivity index (χ4v) is 2.31. The first-order valence-electron chi connectivity index (χ1n) is 8.15. The van der Waals surface area contributed by atoms with Crippen LogP contribution >= 0.6 is 0 Å². The predicted octanol–water partition coefficient (Wildman–Crippen LogP) is 4.14. The largest absolute Gasteiger partial charge is 0.491 e. The Morgan fingerprint density at radius 3 is 2.30 bits per heavy atom. The Hall–Kier alpha value is -2.29. The van der Waals surface area contributed by atoms with E-state index in [9.17, 15) is 4.79 Å². The van der Waals surface area contributed by atoms with Gasteiger partial charge in [-0.3, -0.25) is 4.79 Å². The topological polar surface area (TPSA) is 38.3 Å². The van der Waals surface area contributed by atoms with Gasteiger partial charge in [-0.25, -0.2) is 0 Å². The SMILES string of the molecule is Cc1ccc(C(=O)NCCCc2ccc(OC(C)C)cc2)cc1. The summed E-state index contributed by atoms with van der Waals surface area (Å²) in [6.45, 7) is 6.73. The number of hydrogen-bond acceptors (Lipinski definition) is 2. The number of aryl methyl sites for hydroxylation is 2. The summed E-state index contributed by atoms with van der Waals surface area (Å²) in [5, 5.41) is 2.96. The lowest BCUT2D eigenvalue weighted by atomic mass is 10.1. The highest BCUT2D eigenvalue weighted by Gasteiger charge is 2.04. The standard InChI is InChI=1S/C20H25NO2/c1-15(2)23-19-12-8-17(9-13-19)5-4-14-21-20(22)18-10-6-16(3)7-11-18/h6-13,15H,4-5,14H2,1-3H3,(H,21,22). The second kappa shape index (κ2) is 8.37. The van der Waals surface area contributed by atoms with Crippen molar-refractivity contribution in [2.24, 2.45) is 0 Å². The number of carbonyl (C=O) groups is 1. The molecule has 0 aromatic heterocycles. The van der Waals surface area contributed by atoms with Crippen LogP contribution in [0.4, 0.5) is 0 Å². The van der Waals surface area contributed by atoms with E-state index >= 15 is 0 Å². The summed E-state index contributed by atoms with van der Waals surface area (Å²) in [4.78, 5) is 12.0. The molecule has 2 aromatic rings. The second-order valence-electron chi connectivity index (χ2n) is 6.04. The van der Waals surface area contributed by atoms with Gasteiger partial charge >= 0.3 is 0 Å². The van der Waals surface area contributed by atoms with Crippen LogP contribution in [0.3, 0.4) is 0 Å². The Labute approximate surface area is 138 Å². The molecule has 3 heteroatoms. The van der Waals surface area contributed by atoms with Crippen molar-refractivity contribution in [2.75, 3.05) is 6.54 Å². The van der Waals surface area contributed by atoms with E-state index in [1.165, 1.54) is 5.56 Å². The van der Waals surface area contributed by atoms with E-state index in [4.69, 9.17) is 4.74 Å². The molecule has 0 spiro atoms. The van der Waals surface area contributed by atoms with E-state index in [0.717, 1.165) is 24.2 Å². The molecule has 122 valence electrons. The maximum absolute atomic E-state index is 12.0. The lowest BCUT2D eigenvalue weighted by Gasteiger charge is -2.10. The number of rotatable bonds is 7. The molecule has 2 rings (SSSR count). The quantitative estimate of drug-likeness (QED) is 0.780. The van der Waals surface area contributed by atoms with Crippen LogP contribution in [0, 0.1) is 6.92 Å². The van der Waals surface area contributed by atoms with Crippen LogP contribution in [0.25, 0.3) is 0 Å². The zero-order chi connectivity index (χ0) is 16.7. The molecule has 0 aliphatic heterocycles. The highest BCUT2D eigenvalue weighted by molar-refractivity contribution is 5.94. The van der Waals surface area contributed by atoms with Crippen LogP contribution in [0.15, 0.2) is 48.5 Å². The normalized spacial score (nSPS) is 10.6. The summed E-state index contributed by atoms with van der Waals surface area (Å²) < 4.78 is 5.63. The lowest BCUT2D eigenvalue weighted by molar-refractivity contribution is 0.0953. The van der Waals surface area contributed by atoms with E-state index in [0.29, 0.717) is 12.1 Å². The lowest BCUT2D eigenvalue weighted by Crippen LogP contribution is -2.24. The number of hydrogen-bond donors (Lipinski definition) is 1. The van der Waals surface area contributed by atoms with Crippen molar-refractivity contribution in [2.45, 2.75) is 39.7 Å². The van der Waals surface area contributed by atoms with Gasteiger partial charge in [0, 0.05) is 12.1 Å². The smallest absolute Gasteiger partial charge is 0.251 e. The minimum absolute atomic E-state index is 0.00863. The van der Waals surface area contributed by atoms with E-state index < -0.39 is 0 Å². The zero-order valence-corrected chi connectivity index (χ0v) is 14.1. The molecule has 0 fully saturated rings. The summed E-state index contributed by atoms with van der Waals surface area (Å²) >= 11 is 0. The predicted molar refractivity (Wildman–Crippen MR) is 94.0 cm³/mol. The van der Waals surface area contributed by atoms with Gasteiger partial charge in [0.2, 0.25) is 0 Å². The summed E-state index contributed by atoms with van der Waals surface area (Å²) in [5.74, 6) is 0.891. The van der Waals surface area contributed by atoms with Crippen LogP contribution in [-0.2, 0) is 6.42 Å². The number of nitrogens with one attached hydrogen (secondary N) is 1. The van der Waals surface area contributed by atoms with Gasteiger partial charge in [0.1, 0.15) is 5.75 Å². The van der Waals surface area contributed by atoms with Crippen molar-refractivity contribution in [1.82, 2.24) is 5.32 Å². The van der Waals surface area contributed by atoms with Gasteiger partial charge in [0.15, 0.2) is 0 Å². The molecule has 2 aromatic carbocycles. The molecule has 0 saturated heterocycles. The molecule has 0 unspecified atom stereocenters. The van der Waals surface area contributed by atoms with Crippen LogP contribution in [0.5, 0.6) is 5.75 Å². The molecule has 0 saturated carbocycles. The van der Waals surface area contributed by atoms with Crippen molar-refractivity contribution in [3.8, 4) is 5.75 Å². The molecule has 3 nitrogen and oxygen atoms in total. The third-order valence-corrected chi connectivity index (χ3v) is 3.54. The van der Waals surface area contributed by atoms with Crippen molar-refractivity contribution in [3.05, 3.63) is 65.2 Å². The van der Waals surface area contributed by atoms with Crippen molar-refractivity contribution in [1.29, 1.82) is 0 Å². The van der Waals surface area contributed by atoms with E-state index in [-0.39, 0.29) is 12.0 Å². The summed E-state index contributed by atoms with van der Waals surface area (Å²) in [6.07, 6.45) is 2.05. The highest BCUT2D eigenvalue weighted by atomic mass is 16.5. The molecule has 0 atom stereocenters. The van der Waals surface area contributed by atoms with E-state index in [1.54, 1.807) is 0 Å². The van der Waals surface area contributed by atoms with Crippen LogP contribution in [0.1, 0.15) is 41.8 Å². The maximum Gasteiger partial charge on any atom is 0.251 e. The fourth-order valence-electron chi connectivity index (χ4n) is 2.31. The van der Waals surface area contributed by atoms with Gasteiger partial charge in [-0.05, 0) is 63.4 Å². The summed E-state index contributed by atoms with van der Waals surface area (Å²) in [6, 6.07) is 15.8. The van der Waals surface area contributed by atoms with E-state index in [2.05, 4.69) is 17.4 Å². The summed E-state index contributed by atoms with van der Waals surface area (Å²) in [7, 11) is 0. The highest BCUT2D eigenvalue weighted by Crippen LogP contribution is 2.14. The van der Waals surface area contributed by atoms with Crippen LogP contribution in [0.2, 0.25) is 0 Å². The minimum atomic E-state index is -0.00863. The molecule has 1 N–H and O–H groups in total. The van der Waals surface area contributed by atoms with Gasteiger partial charge in [0.05, 0.1) is 6.10 Å². The molecule has 0 radical (unpaired) electrons. The molecule has 0 aliphatic carbocycles. The van der Waals surface area contributed by atoms with E-state index in [1.807, 2.05) is 57.2 Å². The van der Waals surface area contributed by atoms with Gasteiger partial charge < -0.3 is 10.1 Å². The van der Waals surface area contributed by atoms with Crippen molar-refractivity contribution < 1.29 is 9.53 Å². The Morgan fingerprint density at radius 2 is 1.70 bits per heavy atom. The Kier molecular flexibility index (Phi) is 6.21. The number of carbonyl (C=O) groups excluding carboxylic acids is 1. The molecular weight excluding hydrogens is 286 g/mol. The average molecular weight is 311 g/mol. The Balaban J connectivity index is 1.72. The zero-order valence-electron chi connectivity index (χ0n) is 14.1. The van der Waals surface area contributed by atoms with Gasteiger partial charge in [-0.15, -0.1) is 0 Å². The first-order valence-corrected chi connectivity index (χ1v) is 8.15.